The summed E-state index contributed by atoms with van der Waals surface area (Å²) in [5.41, 5.74) is 5.71. The maximum absolute atomic E-state index is 12.0. The Kier molecular flexibility index (Phi) is 4.19. The lowest BCUT2D eigenvalue weighted by Crippen LogP contribution is -2.34. The monoisotopic (exact) mass is 318 g/mol. The van der Waals surface area contributed by atoms with Crippen molar-refractivity contribution in [2.24, 2.45) is 0 Å². The zero-order chi connectivity index (χ0) is 14.9. The first kappa shape index (κ1) is 15.0. The van der Waals surface area contributed by atoms with Crippen molar-refractivity contribution >= 4 is 38.0 Å². The maximum atomic E-state index is 12.0. The van der Waals surface area contributed by atoms with Gasteiger partial charge in [0.25, 0.3) is 5.91 Å². The third kappa shape index (κ3) is 3.04. The van der Waals surface area contributed by atoms with Crippen LogP contribution in [0.2, 0.25) is 0 Å². The lowest BCUT2D eigenvalue weighted by molar-refractivity contribution is 0.0958. The van der Waals surface area contributed by atoms with E-state index in [2.05, 4.69) is 10.3 Å². The number of nitrogen functional groups attached to an aromatic ring is 1. The minimum Gasteiger partial charge on any atom is -0.382 e. The maximum Gasteiger partial charge on any atom is 0.265 e. The van der Waals surface area contributed by atoms with Crippen LogP contribution in [0.15, 0.2) is 0 Å². The second-order valence-corrected chi connectivity index (χ2v) is 8.32. The van der Waals surface area contributed by atoms with Crippen LogP contribution in [0.3, 0.4) is 0 Å². The first-order valence-electron chi connectivity index (χ1n) is 6.24. The van der Waals surface area contributed by atoms with Crippen molar-refractivity contribution in [2.45, 2.75) is 18.1 Å². The second kappa shape index (κ2) is 5.57. The smallest absolute Gasteiger partial charge is 0.265 e. The summed E-state index contributed by atoms with van der Waals surface area (Å²) < 4.78 is 23.4. The fourth-order valence-corrected chi connectivity index (χ4v) is 4.64. The van der Waals surface area contributed by atoms with Crippen molar-refractivity contribution in [2.75, 3.05) is 37.0 Å². The molecule has 1 amide bonds. The van der Waals surface area contributed by atoms with Crippen molar-refractivity contribution in [3.8, 4) is 0 Å². The van der Waals surface area contributed by atoms with E-state index in [0.29, 0.717) is 22.9 Å². The van der Waals surface area contributed by atoms with E-state index in [-0.39, 0.29) is 24.0 Å². The predicted octanol–water partition coefficient (Wildman–Crippen LogP) is 0.0983. The number of hydrogen-bond acceptors (Lipinski definition) is 7. The molecule has 1 saturated heterocycles. The highest BCUT2D eigenvalue weighted by molar-refractivity contribution is 7.92. The van der Waals surface area contributed by atoms with Gasteiger partial charge in [-0.25, -0.2) is 13.4 Å². The molecule has 0 spiro atoms. The standard InChI is InChI=1S/C11H18N4O3S2/c1-15(2)11-14-9(12)8(19-11)10(16)13-6-7-4-3-5-20(7,17)18/h7H,3-6,12H2,1-2H3,(H,13,16). The molecule has 1 aliphatic heterocycles. The van der Waals surface area contributed by atoms with Gasteiger partial charge in [0.2, 0.25) is 0 Å². The molecule has 9 heteroatoms. The fourth-order valence-electron chi connectivity index (χ4n) is 2.05. The predicted molar refractivity (Wildman–Crippen MR) is 80.0 cm³/mol. The number of hydrogen-bond donors (Lipinski definition) is 2. The minimum atomic E-state index is -3.05. The summed E-state index contributed by atoms with van der Waals surface area (Å²) in [4.78, 5) is 18.2. The molecular weight excluding hydrogens is 300 g/mol. The topological polar surface area (TPSA) is 105 Å². The van der Waals surface area contributed by atoms with Gasteiger partial charge in [-0.2, -0.15) is 0 Å². The van der Waals surface area contributed by atoms with Gasteiger partial charge in [0.15, 0.2) is 15.0 Å². The first-order valence-corrected chi connectivity index (χ1v) is 8.78. The molecule has 0 radical (unpaired) electrons. The lowest BCUT2D eigenvalue weighted by Gasteiger charge is -2.10. The van der Waals surface area contributed by atoms with Crippen LogP contribution in [0.1, 0.15) is 22.5 Å². The Hall–Kier alpha value is -1.35. The molecule has 0 bridgehead atoms. The molecular formula is C11H18N4O3S2. The molecule has 0 aliphatic carbocycles. The highest BCUT2D eigenvalue weighted by Crippen LogP contribution is 2.26. The molecule has 20 heavy (non-hydrogen) atoms. The van der Waals surface area contributed by atoms with E-state index < -0.39 is 15.1 Å². The number of nitrogens with two attached hydrogens (primary N) is 1. The number of sulfone groups is 1. The quantitative estimate of drug-likeness (QED) is 0.815. The average Bonchev–Trinajstić information content (AvgIpc) is 2.89. The van der Waals surface area contributed by atoms with E-state index in [4.69, 9.17) is 5.73 Å². The normalized spacial score (nSPS) is 20.8. The van der Waals surface area contributed by atoms with Crippen LogP contribution in [0.5, 0.6) is 0 Å². The Morgan fingerprint density at radius 2 is 2.25 bits per heavy atom. The summed E-state index contributed by atoms with van der Waals surface area (Å²) in [6, 6.07) is 0. The van der Waals surface area contributed by atoms with E-state index in [1.807, 2.05) is 14.1 Å². The summed E-state index contributed by atoms with van der Waals surface area (Å²) in [7, 11) is 0.571. The van der Waals surface area contributed by atoms with Crippen LogP contribution in [-0.2, 0) is 9.84 Å². The van der Waals surface area contributed by atoms with Crippen LogP contribution in [0.25, 0.3) is 0 Å². The molecule has 112 valence electrons. The first-order chi connectivity index (χ1) is 9.31. The van der Waals surface area contributed by atoms with Crippen LogP contribution in [0, 0.1) is 0 Å². The summed E-state index contributed by atoms with van der Waals surface area (Å²) in [5.74, 6) is 0.0155. The molecule has 1 aromatic rings. The Bertz CT molecular complexity index is 609. The highest BCUT2D eigenvalue weighted by Gasteiger charge is 2.31. The average molecular weight is 318 g/mol. The molecule has 2 rings (SSSR count). The van der Waals surface area contributed by atoms with Crippen LogP contribution in [-0.4, -0.2) is 51.0 Å². The molecule has 1 atom stereocenters. The van der Waals surface area contributed by atoms with E-state index in [1.165, 1.54) is 11.3 Å². The van der Waals surface area contributed by atoms with E-state index >= 15 is 0 Å². The van der Waals surface area contributed by atoms with Gasteiger partial charge in [-0.3, -0.25) is 4.79 Å². The summed E-state index contributed by atoms with van der Waals surface area (Å²) >= 11 is 1.19. The Morgan fingerprint density at radius 1 is 1.55 bits per heavy atom. The number of amides is 1. The number of carbonyl (C=O) groups excluding carboxylic acids is 1. The van der Waals surface area contributed by atoms with Crippen molar-refractivity contribution < 1.29 is 13.2 Å². The zero-order valence-corrected chi connectivity index (χ0v) is 13.1. The molecule has 1 unspecified atom stereocenters. The number of thiazole rings is 1. The van der Waals surface area contributed by atoms with Crippen molar-refractivity contribution in [3.63, 3.8) is 0 Å². The van der Waals surface area contributed by atoms with Crippen LogP contribution < -0.4 is 16.0 Å². The summed E-state index contributed by atoms with van der Waals surface area (Å²) in [6.45, 7) is 0.135. The SMILES string of the molecule is CN(C)c1nc(N)c(C(=O)NCC2CCCS2(=O)=O)s1. The minimum absolute atomic E-state index is 0.135. The van der Waals surface area contributed by atoms with E-state index in [1.54, 1.807) is 4.90 Å². The highest BCUT2D eigenvalue weighted by atomic mass is 32.2. The van der Waals surface area contributed by atoms with Gasteiger partial charge in [0.1, 0.15) is 10.7 Å². The van der Waals surface area contributed by atoms with Gasteiger partial charge in [-0.15, -0.1) is 0 Å². The number of anilines is 2. The van der Waals surface area contributed by atoms with Gasteiger partial charge in [0.05, 0.1) is 11.0 Å². The zero-order valence-electron chi connectivity index (χ0n) is 11.4. The Labute approximate surface area is 122 Å². The van der Waals surface area contributed by atoms with Crippen LogP contribution >= 0.6 is 11.3 Å². The molecule has 7 nitrogen and oxygen atoms in total. The van der Waals surface area contributed by atoms with Gasteiger partial charge in [-0.05, 0) is 12.8 Å². The number of aromatic nitrogens is 1. The third-order valence-electron chi connectivity index (χ3n) is 3.18. The lowest BCUT2D eigenvalue weighted by atomic mass is 10.2. The largest absolute Gasteiger partial charge is 0.382 e. The van der Waals surface area contributed by atoms with Crippen molar-refractivity contribution in [3.05, 3.63) is 4.88 Å². The molecule has 2 heterocycles. The van der Waals surface area contributed by atoms with Gasteiger partial charge in [-0.1, -0.05) is 11.3 Å². The molecule has 0 saturated carbocycles. The molecule has 1 aliphatic rings. The number of nitrogens with zero attached hydrogens (tertiary/aromatic N) is 2. The summed E-state index contributed by atoms with van der Waals surface area (Å²) in [6.07, 6.45) is 1.26. The fraction of sp³-hybridized carbons (Fsp3) is 0.636. The number of nitrogens with one attached hydrogen (secondary N) is 1. The third-order valence-corrected chi connectivity index (χ3v) is 6.70. The molecule has 1 aromatic heterocycles. The summed E-state index contributed by atoms with van der Waals surface area (Å²) in [5, 5.41) is 2.81. The molecule has 3 N–H and O–H groups in total. The van der Waals surface area contributed by atoms with E-state index in [0.717, 1.165) is 0 Å². The second-order valence-electron chi connectivity index (χ2n) is 4.95. The van der Waals surface area contributed by atoms with Crippen LogP contribution in [0.4, 0.5) is 10.9 Å². The van der Waals surface area contributed by atoms with Gasteiger partial charge >= 0.3 is 0 Å². The molecule has 0 aromatic carbocycles. The Morgan fingerprint density at radius 3 is 2.75 bits per heavy atom. The van der Waals surface area contributed by atoms with Crippen molar-refractivity contribution in [1.29, 1.82) is 0 Å². The number of carbonyl (C=O) groups is 1. The Balaban J connectivity index is 2.02. The van der Waals surface area contributed by atoms with Gasteiger partial charge < -0.3 is 16.0 Å². The van der Waals surface area contributed by atoms with Gasteiger partial charge in [0, 0.05) is 20.6 Å². The van der Waals surface area contributed by atoms with Crippen molar-refractivity contribution in [1.82, 2.24) is 10.3 Å². The molecule has 1 fully saturated rings. The van der Waals surface area contributed by atoms with E-state index in [9.17, 15) is 13.2 Å². The number of rotatable bonds is 4.